The number of alkyl halides is 1. The van der Waals surface area contributed by atoms with Crippen molar-refractivity contribution in [2.75, 3.05) is 26.8 Å². The monoisotopic (exact) mass is 367 g/mol. The van der Waals surface area contributed by atoms with Gasteiger partial charge in [-0.05, 0) is 31.4 Å². The molecular formula is C22H26FN3O. The quantitative estimate of drug-likeness (QED) is 0.675. The van der Waals surface area contributed by atoms with Gasteiger partial charge in [-0.1, -0.05) is 36.4 Å². The molecule has 0 N–H and O–H groups in total. The SMILES string of the molecule is COCC1(F)CCN(Cc2c(-c3ccccc3)nc3ccc(C)cn23)CC1. The normalized spacial score (nSPS) is 17.4. The van der Waals surface area contributed by atoms with Gasteiger partial charge in [0, 0.05) is 38.5 Å². The van der Waals surface area contributed by atoms with Crippen molar-refractivity contribution < 1.29 is 9.13 Å². The Hall–Kier alpha value is -2.24. The van der Waals surface area contributed by atoms with Crippen molar-refractivity contribution in [1.82, 2.24) is 14.3 Å². The molecule has 5 heteroatoms. The fourth-order valence-corrected chi connectivity index (χ4v) is 3.90. The van der Waals surface area contributed by atoms with E-state index in [0.29, 0.717) is 12.8 Å². The van der Waals surface area contributed by atoms with Gasteiger partial charge in [-0.2, -0.15) is 0 Å². The molecule has 0 aliphatic carbocycles. The molecule has 0 saturated carbocycles. The Morgan fingerprint density at radius 2 is 1.85 bits per heavy atom. The molecule has 2 aromatic heterocycles. The average Bonchev–Trinajstić information content (AvgIpc) is 3.02. The molecule has 142 valence electrons. The predicted octanol–water partition coefficient (Wildman–Crippen LogP) is 4.26. The molecule has 1 fully saturated rings. The molecule has 3 heterocycles. The van der Waals surface area contributed by atoms with E-state index in [4.69, 9.17) is 9.72 Å². The zero-order chi connectivity index (χ0) is 18.9. The summed E-state index contributed by atoms with van der Waals surface area (Å²) in [7, 11) is 1.57. The molecule has 0 spiro atoms. The molecule has 1 aliphatic rings. The number of methoxy groups -OCH3 is 1. The lowest BCUT2D eigenvalue weighted by Gasteiger charge is -2.35. The highest BCUT2D eigenvalue weighted by Gasteiger charge is 2.35. The summed E-state index contributed by atoms with van der Waals surface area (Å²) in [5.41, 5.74) is 4.25. The maximum Gasteiger partial charge on any atom is 0.137 e. The van der Waals surface area contributed by atoms with Gasteiger partial charge < -0.3 is 9.14 Å². The van der Waals surface area contributed by atoms with Crippen LogP contribution < -0.4 is 0 Å². The standard InChI is InChI=1S/C22H26FN3O/c1-17-8-9-20-24-21(18-6-4-3-5-7-18)19(26(20)14-17)15-25-12-10-22(23,11-13-25)16-27-2/h3-9,14H,10-13,15-16H2,1-2H3. The topological polar surface area (TPSA) is 29.8 Å². The Morgan fingerprint density at radius 1 is 1.11 bits per heavy atom. The minimum absolute atomic E-state index is 0.185. The minimum atomic E-state index is -1.19. The number of rotatable bonds is 5. The third kappa shape index (κ3) is 3.75. The summed E-state index contributed by atoms with van der Waals surface area (Å²) in [6.45, 7) is 4.50. The van der Waals surface area contributed by atoms with Crippen molar-refractivity contribution in [3.05, 3.63) is 59.9 Å². The second kappa shape index (κ2) is 7.41. The largest absolute Gasteiger partial charge is 0.381 e. The van der Waals surface area contributed by atoms with Crippen molar-refractivity contribution in [3.63, 3.8) is 0 Å². The lowest BCUT2D eigenvalue weighted by molar-refractivity contribution is -0.0104. The highest BCUT2D eigenvalue weighted by Crippen LogP contribution is 2.30. The van der Waals surface area contributed by atoms with Crippen molar-refractivity contribution in [2.24, 2.45) is 0 Å². The van der Waals surface area contributed by atoms with Crippen LogP contribution in [0.2, 0.25) is 0 Å². The van der Waals surface area contributed by atoms with E-state index < -0.39 is 5.67 Å². The highest BCUT2D eigenvalue weighted by molar-refractivity contribution is 5.66. The molecule has 0 unspecified atom stereocenters. The van der Waals surface area contributed by atoms with Gasteiger partial charge in [-0.15, -0.1) is 0 Å². The first kappa shape index (κ1) is 18.1. The summed E-state index contributed by atoms with van der Waals surface area (Å²) >= 11 is 0. The van der Waals surface area contributed by atoms with E-state index in [1.165, 1.54) is 5.56 Å². The summed E-state index contributed by atoms with van der Waals surface area (Å²) in [5.74, 6) is 0. The summed E-state index contributed by atoms with van der Waals surface area (Å²) in [4.78, 5) is 7.21. The predicted molar refractivity (Wildman–Crippen MR) is 106 cm³/mol. The number of aromatic nitrogens is 2. The number of fused-ring (bicyclic) bond motifs is 1. The summed E-state index contributed by atoms with van der Waals surface area (Å²) in [6.07, 6.45) is 3.16. The third-order valence-electron chi connectivity index (χ3n) is 5.44. The number of likely N-dealkylation sites (tertiary alicyclic amines) is 1. The number of imidazole rings is 1. The van der Waals surface area contributed by atoms with Crippen LogP contribution in [-0.2, 0) is 11.3 Å². The van der Waals surface area contributed by atoms with Gasteiger partial charge in [0.05, 0.1) is 18.0 Å². The van der Waals surface area contributed by atoms with E-state index in [1.54, 1.807) is 7.11 Å². The van der Waals surface area contributed by atoms with Gasteiger partial charge in [0.2, 0.25) is 0 Å². The fraction of sp³-hybridized carbons (Fsp3) is 0.409. The number of piperidine rings is 1. The molecular weight excluding hydrogens is 341 g/mol. The van der Waals surface area contributed by atoms with E-state index in [-0.39, 0.29) is 6.61 Å². The molecule has 1 saturated heterocycles. The number of aryl methyl sites for hydroxylation is 1. The van der Waals surface area contributed by atoms with Crippen molar-refractivity contribution >= 4 is 5.65 Å². The number of halogens is 1. The second-order valence-corrected chi connectivity index (χ2v) is 7.57. The Morgan fingerprint density at radius 3 is 2.56 bits per heavy atom. The minimum Gasteiger partial charge on any atom is -0.381 e. The first-order valence-corrected chi connectivity index (χ1v) is 9.51. The molecule has 0 amide bonds. The molecule has 27 heavy (non-hydrogen) atoms. The van der Waals surface area contributed by atoms with Crippen molar-refractivity contribution in [3.8, 4) is 11.3 Å². The summed E-state index contributed by atoms with van der Waals surface area (Å²) in [6, 6.07) is 14.4. The Bertz CT molecular complexity index is 914. The number of ether oxygens (including phenoxy) is 1. The molecule has 0 atom stereocenters. The van der Waals surface area contributed by atoms with Crippen molar-refractivity contribution in [2.45, 2.75) is 32.0 Å². The van der Waals surface area contributed by atoms with Gasteiger partial charge >= 0.3 is 0 Å². The van der Waals surface area contributed by atoms with Crippen LogP contribution in [0.15, 0.2) is 48.7 Å². The molecule has 3 aromatic rings. The first-order valence-electron chi connectivity index (χ1n) is 9.51. The third-order valence-corrected chi connectivity index (χ3v) is 5.44. The molecule has 4 nitrogen and oxygen atoms in total. The summed E-state index contributed by atoms with van der Waals surface area (Å²) < 4.78 is 22.0. The van der Waals surface area contributed by atoms with Gasteiger partial charge in [-0.3, -0.25) is 4.90 Å². The Balaban J connectivity index is 1.65. The zero-order valence-electron chi connectivity index (χ0n) is 16.0. The van der Waals surface area contributed by atoms with Gasteiger partial charge in [0.25, 0.3) is 0 Å². The van der Waals surface area contributed by atoms with Gasteiger partial charge in [0.15, 0.2) is 0 Å². The fourth-order valence-electron chi connectivity index (χ4n) is 3.90. The lowest BCUT2D eigenvalue weighted by atomic mass is 9.94. The van der Waals surface area contributed by atoms with Crippen molar-refractivity contribution in [1.29, 1.82) is 0 Å². The van der Waals surface area contributed by atoms with Crippen LogP contribution in [0.4, 0.5) is 4.39 Å². The van der Waals surface area contributed by atoms with Crippen LogP contribution in [0.1, 0.15) is 24.1 Å². The average molecular weight is 367 g/mol. The molecule has 0 bridgehead atoms. The lowest BCUT2D eigenvalue weighted by Crippen LogP contribution is -2.44. The maximum atomic E-state index is 14.7. The number of pyridine rings is 1. The van der Waals surface area contributed by atoms with E-state index in [1.807, 2.05) is 18.2 Å². The maximum absolute atomic E-state index is 14.7. The van der Waals surface area contributed by atoms with Crippen LogP contribution in [0.3, 0.4) is 0 Å². The van der Waals surface area contributed by atoms with Crippen LogP contribution in [0.5, 0.6) is 0 Å². The molecule has 4 rings (SSSR count). The molecule has 1 aromatic carbocycles. The first-order chi connectivity index (χ1) is 13.1. The highest BCUT2D eigenvalue weighted by atomic mass is 19.1. The number of benzene rings is 1. The second-order valence-electron chi connectivity index (χ2n) is 7.57. The van der Waals surface area contributed by atoms with E-state index in [9.17, 15) is 4.39 Å². The van der Waals surface area contributed by atoms with Gasteiger partial charge in [-0.25, -0.2) is 9.37 Å². The van der Waals surface area contributed by atoms with Crippen LogP contribution in [0, 0.1) is 6.92 Å². The number of hydrogen-bond donors (Lipinski definition) is 0. The van der Waals surface area contributed by atoms with Crippen LogP contribution >= 0.6 is 0 Å². The smallest absolute Gasteiger partial charge is 0.137 e. The molecule has 0 radical (unpaired) electrons. The van der Waals surface area contributed by atoms with E-state index in [2.05, 4.69) is 46.7 Å². The van der Waals surface area contributed by atoms with Gasteiger partial charge in [0.1, 0.15) is 11.3 Å². The zero-order valence-corrected chi connectivity index (χ0v) is 16.0. The molecule has 1 aliphatic heterocycles. The van der Waals surface area contributed by atoms with Crippen LogP contribution in [-0.4, -0.2) is 46.8 Å². The number of hydrogen-bond acceptors (Lipinski definition) is 3. The Kier molecular flexibility index (Phi) is 4.98. The van der Waals surface area contributed by atoms with Crippen LogP contribution in [0.25, 0.3) is 16.9 Å². The van der Waals surface area contributed by atoms with E-state index >= 15 is 0 Å². The summed E-state index contributed by atoms with van der Waals surface area (Å²) in [5, 5.41) is 0. The Labute approximate surface area is 159 Å². The van der Waals surface area contributed by atoms with E-state index in [0.717, 1.165) is 42.2 Å². The number of nitrogens with zero attached hydrogens (tertiary/aromatic N) is 3.